The second kappa shape index (κ2) is 10.8. The van der Waals surface area contributed by atoms with Gasteiger partial charge >= 0.3 is 5.91 Å². The number of hydrazine groups is 1. The number of rotatable bonds is 7. The second-order valence-corrected chi connectivity index (χ2v) is 8.30. The smallest absolute Gasteiger partial charge is 0.305 e. The first-order valence-corrected chi connectivity index (χ1v) is 11.3. The number of furan rings is 1. The van der Waals surface area contributed by atoms with E-state index in [4.69, 9.17) is 27.6 Å². The van der Waals surface area contributed by atoms with Gasteiger partial charge in [0.1, 0.15) is 11.8 Å². The zero-order chi connectivity index (χ0) is 23.3. The third kappa shape index (κ3) is 5.62. The van der Waals surface area contributed by atoms with Crippen LogP contribution < -0.4 is 10.9 Å². The number of nitrogens with one attached hydrogen (secondary N) is 2. The van der Waals surface area contributed by atoms with Crippen LogP contribution in [-0.2, 0) is 11.3 Å². The molecule has 0 saturated carbocycles. The van der Waals surface area contributed by atoms with Gasteiger partial charge in [-0.2, -0.15) is 0 Å². The highest BCUT2D eigenvalue weighted by molar-refractivity contribution is 6.35. The van der Waals surface area contributed by atoms with E-state index in [1.165, 1.54) is 11.0 Å². The number of carbonyl (C=O) groups is 3. The SMILES string of the molecule is CCN(CC)Cc1ccc(C(=O)NNC(=O)C2CCCN2C(=O)c2cc(Cl)ccc2Cl)o1. The summed E-state index contributed by atoms with van der Waals surface area (Å²) in [5.41, 5.74) is 4.99. The Morgan fingerprint density at radius 1 is 1.12 bits per heavy atom. The topological polar surface area (TPSA) is 94.9 Å². The van der Waals surface area contributed by atoms with Crippen molar-refractivity contribution < 1.29 is 18.8 Å². The number of hydrogen-bond acceptors (Lipinski definition) is 5. The summed E-state index contributed by atoms with van der Waals surface area (Å²) in [5, 5.41) is 0.640. The lowest BCUT2D eigenvalue weighted by molar-refractivity contribution is -0.125. The first kappa shape index (κ1) is 24.1. The summed E-state index contributed by atoms with van der Waals surface area (Å²) in [6, 6.07) is 7.18. The van der Waals surface area contributed by atoms with E-state index in [0.717, 1.165) is 13.1 Å². The Labute approximate surface area is 196 Å². The number of nitrogens with zero attached hydrogens (tertiary/aromatic N) is 2. The van der Waals surface area contributed by atoms with Crippen molar-refractivity contribution in [1.82, 2.24) is 20.7 Å². The maximum absolute atomic E-state index is 12.9. The minimum absolute atomic E-state index is 0.0949. The summed E-state index contributed by atoms with van der Waals surface area (Å²) in [5.74, 6) is -0.683. The van der Waals surface area contributed by atoms with Crippen LogP contribution in [-0.4, -0.2) is 53.2 Å². The summed E-state index contributed by atoms with van der Waals surface area (Å²) >= 11 is 12.1. The molecule has 2 N–H and O–H groups in total. The fourth-order valence-corrected chi connectivity index (χ4v) is 3.98. The molecule has 8 nitrogen and oxygen atoms in total. The van der Waals surface area contributed by atoms with Crippen molar-refractivity contribution >= 4 is 40.9 Å². The van der Waals surface area contributed by atoms with Crippen LogP contribution >= 0.6 is 23.2 Å². The average molecular weight is 481 g/mol. The van der Waals surface area contributed by atoms with Crippen molar-refractivity contribution in [2.45, 2.75) is 39.3 Å². The molecular formula is C22H26Cl2N4O4. The average Bonchev–Trinajstić information content (AvgIpc) is 3.46. The van der Waals surface area contributed by atoms with Crippen molar-refractivity contribution in [3.05, 3.63) is 57.5 Å². The molecule has 1 atom stereocenters. The van der Waals surface area contributed by atoms with Gasteiger partial charge in [0.2, 0.25) is 0 Å². The van der Waals surface area contributed by atoms with Crippen LogP contribution in [0.5, 0.6) is 0 Å². The quantitative estimate of drug-likeness (QED) is 0.591. The normalized spacial score (nSPS) is 15.8. The van der Waals surface area contributed by atoms with Crippen LogP contribution in [0.15, 0.2) is 34.7 Å². The Balaban J connectivity index is 1.59. The summed E-state index contributed by atoms with van der Waals surface area (Å²) in [6.45, 7) is 6.83. The lowest BCUT2D eigenvalue weighted by atomic mass is 10.1. The number of amides is 3. The molecular weight excluding hydrogens is 455 g/mol. The van der Waals surface area contributed by atoms with Crippen molar-refractivity contribution in [1.29, 1.82) is 0 Å². The number of likely N-dealkylation sites (tertiary alicyclic amines) is 1. The standard InChI is InChI=1S/C22H26Cl2N4O4/c1-3-27(4-2)13-15-8-10-19(32-15)21(30)26-25-20(29)18-6-5-11-28(18)22(31)16-12-14(23)7-9-17(16)24/h7-10,12,18H,3-6,11,13H2,1-2H3,(H,25,29)(H,26,30). The number of carbonyl (C=O) groups excluding carboxylic acids is 3. The maximum atomic E-state index is 12.9. The van der Waals surface area contributed by atoms with Crippen molar-refractivity contribution in [2.75, 3.05) is 19.6 Å². The van der Waals surface area contributed by atoms with E-state index in [0.29, 0.717) is 36.7 Å². The van der Waals surface area contributed by atoms with Crippen LogP contribution in [0.1, 0.15) is 53.4 Å². The van der Waals surface area contributed by atoms with Crippen LogP contribution in [0.3, 0.4) is 0 Å². The Morgan fingerprint density at radius 3 is 2.59 bits per heavy atom. The predicted octanol–water partition coefficient (Wildman–Crippen LogP) is 3.49. The fourth-order valence-electron chi connectivity index (χ4n) is 3.61. The Bertz CT molecular complexity index is 990. The van der Waals surface area contributed by atoms with Gasteiger partial charge < -0.3 is 9.32 Å². The van der Waals surface area contributed by atoms with Gasteiger partial charge in [-0.05, 0) is 56.3 Å². The van der Waals surface area contributed by atoms with Gasteiger partial charge in [-0.3, -0.25) is 30.1 Å². The minimum Gasteiger partial charge on any atom is -0.454 e. The molecule has 1 saturated heterocycles. The van der Waals surface area contributed by atoms with E-state index in [2.05, 4.69) is 15.8 Å². The zero-order valence-electron chi connectivity index (χ0n) is 18.0. The second-order valence-electron chi connectivity index (χ2n) is 7.45. The van der Waals surface area contributed by atoms with Crippen LogP contribution in [0, 0.1) is 0 Å². The van der Waals surface area contributed by atoms with E-state index in [1.54, 1.807) is 24.3 Å². The molecule has 1 aromatic heterocycles. The fraction of sp³-hybridized carbons (Fsp3) is 0.409. The number of hydrogen-bond donors (Lipinski definition) is 2. The Hall–Kier alpha value is -2.55. The molecule has 10 heteroatoms. The highest BCUT2D eigenvalue weighted by Crippen LogP contribution is 2.26. The van der Waals surface area contributed by atoms with Gasteiger partial charge in [0, 0.05) is 11.6 Å². The van der Waals surface area contributed by atoms with Crippen molar-refractivity contribution in [3.8, 4) is 0 Å². The Kier molecular flexibility index (Phi) is 8.17. The Morgan fingerprint density at radius 2 is 1.88 bits per heavy atom. The van der Waals surface area contributed by atoms with E-state index < -0.39 is 17.9 Å². The highest BCUT2D eigenvalue weighted by Gasteiger charge is 2.35. The molecule has 1 aliphatic heterocycles. The van der Waals surface area contributed by atoms with E-state index in [-0.39, 0.29) is 22.3 Å². The summed E-state index contributed by atoms with van der Waals surface area (Å²) in [4.78, 5) is 41.6. The number of halogens is 2. The van der Waals surface area contributed by atoms with E-state index in [9.17, 15) is 14.4 Å². The molecule has 0 bridgehead atoms. The van der Waals surface area contributed by atoms with Crippen molar-refractivity contribution in [3.63, 3.8) is 0 Å². The first-order chi connectivity index (χ1) is 15.3. The van der Waals surface area contributed by atoms with Crippen LogP contribution in [0.2, 0.25) is 10.0 Å². The molecule has 3 rings (SSSR count). The van der Waals surface area contributed by atoms with Crippen molar-refractivity contribution in [2.24, 2.45) is 0 Å². The van der Waals surface area contributed by atoms with Gasteiger partial charge in [0.15, 0.2) is 5.76 Å². The zero-order valence-corrected chi connectivity index (χ0v) is 19.5. The molecule has 1 aliphatic rings. The van der Waals surface area contributed by atoms with E-state index >= 15 is 0 Å². The molecule has 1 fully saturated rings. The summed E-state index contributed by atoms with van der Waals surface area (Å²) < 4.78 is 5.58. The summed E-state index contributed by atoms with van der Waals surface area (Å²) in [7, 11) is 0. The third-order valence-corrected chi connectivity index (χ3v) is 6.00. The molecule has 0 radical (unpaired) electrons. The first-order valence-electron chi connectivity index (χ1n) is 10.5. The molecule has 2 heterocycles. The van der Waals surface area contributed by atoms with Crippen LogP contribution in [0.25, 0.3) is 0 Å². The largest absolute Gasteiger partial charge is 0.454 e. The molecule has 2 aromatic rings. The van der Waals surface area contributed by atoms with Gasteiger partial charge in [0.25, 0.3) is 11.8 Å². The summed E-state index contributed by atoms with van der Waals surface area (Å²) in [6.07, 6.45) is 1.13. The predicted molar refractivity (Wildman–Crippen MR) is 121 cm³/mol. The van der Waals surface area contributed by atoms with E-state index in [1.807, 2.05) is 13.8 Å². The highest BCUT2D eigenvalue weighted by atomic mass is 35.5. The number of benzene rings is 1. The molecule has 172 valence electrons. The lowest BCUT2D eigenvalue weighted by Crippen LogP contribution is -2.51. The lowest BCUT2D eigenvalue weighted by Gasteiger charge is -2.24. The van der Waals surface area contributed by atoms with Gasteiger partial charge in [0.05, 0.1) is 17.1 Å². The maximum Gasteiger partial charge on any atom is 0.305 e. The van der Waals surface area contributed by atoms with Gasteiger partial charge in [-0.15, -0.1) is 0 Å². The molecule has 1 aromatic carbocycles. The van der Waals surface area contributed by atoms with Crippen LogP contribution in [0.4, 0.5) is 0 Å². The monoisotopic (exact) mass is 480 g/mol. The third-order valence-electron chi connectivity index (χ3n) is 5.43. The molecule has 32 heavy (non-hydrogen) atoms. The minimum atomic E-state index is -0.729. The molecule has 3 amide bonds. The van der Waals surface area contributed by atoms with Gasteiger partial charge in [-0.1, -0.05) is 37.0 Å². The molecule has 0 spiro atoms. The van der Waals surface area contributed by atoms with Gasteiger partial charge in [-0.25, -0.2) is 0 Å². The molecule has 0 aliphatic carbocycles. The molecule has 1 unspecified atom stereocenters.